The number of alkyl halides is 3. The smallest absolute Gasteiger partial charge is 0.453 e. The molecule has 0 radical (unpaired) electrons. The highest BCUT2D eigenvalue weighted by molar-refractivity contribution is 5.83. The van der Waals surface area contributed by atoms with E-state index < -0.39 is 29.9 Å². The molecule has 0 bridgehead atoms. The molecule has 8 nitrogen and oxygen atoms in total. The Kier molecular flexibility index (Phi) is 6.01. The number of halogens is 3. The van der Waals surface area contributed by atoms with E-state index in [-0.39, 0.29) is 18.6 Å². The van der Waals surface area contributed by atoms with Crippen LogP contribution in [0.3, 0.4) is 0 Å². The number of amides is 1. The highest BCUT2D eigenvalue weighted by atomic mass is 19.4. The van der Waals surface area contributed by atoms with E-state index in [1.54, 1.807) is 13.8 Å². The Morgan fingerprint density at radius 1 is 1.26 bits per heavy atom. The van der Waals surface area contributed by atoms with Gasteiger partial charge in [-0.2, -0.15) is 18.2 Å². The molecule has 2 heterocycles. The monoisotopic (exact) mass is 387 g/mol. The number of carbonyl (C=O) groups is 2. The minimum atomic E-state index is -4.68. The first-order valence-corrected chi connectivity index (χ1v) is 8.36. The summed E-state index contributed by atoms with van der Waals surface area (Å²) in [6.45, 7) is 4.99. The normalized spacial score (nSPS) is 13.0. The minimum Gasteiger partial charge on any atom is -0.480 e. The number of fused-ring (bicyclic) bond motifs is 1. The molecule has 11 heteroatoms. The van der Waals surface area contributed by atoms with Gasteiger partial charge in [0.1, 0.15) is 6.04 Å². The average Bonchev–Trinajstić information content (AvgIpc) is 2.98. The molecule has 0 saturated heterocycles. The van der Waals surface area contributed by atoms with Gasteiger partial charge in [0, 0.05) is 17.8 Å². The van der Waals surface area contributed by atoms with Crippen LogP contribution in [0.5, 0.6) is 0 Å². The molecule has 0 saturated carbocycles. The molecule has 0 fully saturated rings. The van der Waals surface area contributed by atoms with Crippen LogP contribution in [0.2, 0.25) is 0 Å². The zero-order valence-electron chi connectivity index (χ0n) is 15.1. The zero-order valence-corrected chi connectivity index (χ0v) is 15.1. The first kappa shape index (κ1) is 20.6. The van der Waals surface area contributed by atoms with Crippen LogP contribution < -0.4 is 5.32 Å². The van der Waals surface area contributed by atoms with Crippen molar-refractivity contribution >= 4 is 17.7 Å². The number of carboxylic acids is 1. The van der Waals surface area contributed by atoms with Gasteiger partial charge in [-0.3, -0.25) is 4.79 Å². The topological polar surface area (TPSA) is 109 Å². The summed E-state index contributed by atoms with van der Waals surface area (Å²) in [5, 5.41) is 15.0. The maximum atomic E-state index is 12.8. The summed E-state index contributed by atoms with van der Waals surface area (Å²) in [5.41, 5.74) is 1.41. The average molecular weight is 387 g/mol. The fraction of sp³-hybridized carbons (Fsp3) is 0.562. The lowest BCUT2D eigenvalue weighted by Gasteiger charge is -2.14. The second kappa shape index (κ2) is 7.89. The van der Waals surface area contributed by atoms with E-state index in [9.17, 15) is 22.8 Å². The van der Waals surface area contributed by atoms with E-state index in [2.05, 4.69) is 20.4 Å². The lowest BCUT2D eigenvalue weighted by Crippen LogP contribution is -2.40. The maximum Gasteiger partial charge on any atom is 0.453 e. The van der Waals surface area contributed by atoms with Crippen molar-refractivity contribution in [1.82, 2.24) is 24.9 Å². The Hall–Kier alpha value is -2.72. The summed E-state index contributed by atoms with van der Waals surface area (Å²) < 4.78 is 39.4. The lowest BCUT2D eigenvalue weighted by atomic mass is 10.1. The van der Waals surface area contributed by atoms with Crippen molar-refractivity contribution in [3.63, 3.8) is 0 Å². The van der Waals surface area contributed by atoms with Gasteiger partial charge in [0.25, 0.3) is 11.6 Å². The van der Waals surface area contributed by atoms with Gasteiger partial charge in [-0.05, 0) is 32.3 Å². The molecule has 0 spiro atoms. The number of hydrogen-bond donors (Lipinski definition) is 2. The predicted molar refractivity (Wildman–Crippen MR) is 88.1 cm³/mol. The van der Waals surface area contributed by atoms with Crippen molar-refractivity contribution in [1.29, 1.82) is 0 Å². The molecule has 0 aliphatic rings. The number of nitrogens with zero attached hydrogens (tertiary/aromatic N) is 4. The van der Waals surface area contributed by atoms with Gasteiger partial charge < -0.3 is 10.4 Å². The second-order valence-corrected chi connectivity index (χ2v) is 6.15. The van der Waals surface area contributed by atoms with Gasteiger partial charge in [0.05, 0.1) is 0 Å². The number of carboxylic acid groups (broad SMARTS) is 1. The molecule has 0 aliphatic heterocycles. The van der Waals surface area contributed by atoms with Gasteiger partial charge in [-0.25, -0.2) is 14.3 Å². The summed E-state index contributed by atoms with van der Waals surface area (Å²) in [6, 6.07) is -0.963. The van der Waals surface area contributed by atoms with Gasteiger partial charge in [-0.1, -0.05) is 13.3 Å². The van der Waals surface area contributed by atoms with Crippen molar-refractivity contribution < 1.29 is 27.9 Å². The molecule has 1 atom stereocenters. The third-order valence-electron chi connectivity index (χ3n) is 4.12. The van der Waals surface area contributed by atoms with Crippen LogP contribution in [0, 0.1) is 13.8 Å². The SMILES string of the molecule is CCCC(NC(=O)CCc1c(C)nc2nc(C(F)(F)F)nn2c1C)C(=O)O. The summed E-state index contributed by atoms with van der Waals surface area (Å²) >= 11 is 0. The van der Waals surface area contributed by atoms with Crippen LogP contribution in [-0.2, 0) is 22.2 Å². The fourth-order valence-corrected chi connectivity index (χ4v) is 2.74. The van der Waals surface area contributed by atoms with E-state index in [1.807, 2.05) is 6.92 Å². The van der Waals surface area contributed by atoms with E-state index in [1.165, 1.54) is 0 Å². The Morgan fingerprint density at radius 2 is 1.93 bits per heavy atom. The maximum absolute atomic E-state index is 12.8. The molecule has 2 rings (SSSR count). The van der Waals surface area contributed by atoms with E-state index in [4.69, 9.17) is 5.11 Å². The highest BCUT2D eigenvalue weighted by Gasteiger charge is 2.37. The number of aryl methyl sites for hydroxylation is 2. The number of hydrogen-bond acceptors (Lipinski definition) is 5. The van der Waals surface area contributed by atoms with Crippen molar-refractivity contribution in [3.05, 3.63) is 22.8 Å². The molecule has 1 unspecified atom stereocenters. The van der Waals surface area contributed by atoms with Crippen LogP contribution in [0.4, 0.5) is 13.2 Å². The van der Waals surface area contributed by atoms with Crippen molar-refractivity contribution in [2.75, 3.05) is 0 Å². The van der Waals surface area contributed by atoms with E-state index in [0.717, 1.165) is 4.52 Å². The molecule has 2 aromatic heterocycles. The molecular formula is C16H20F3N5O3. The van der Waals surface area contributed by atoms with Gasteiger partial charge in [0.2, 0.25) is 5.91 Å². The second-order valence-electron chi connectivity index (χ2n) is 6.15. The molecule has 0 aromatic carbocycles. The molecule has 27 heavy (non-hydrogen) atoms. The largest absolute Gasteiger partial charge is 0.480 e. The van der Waals surface area contributed by atoms with Crippen LogP contribution in [0.15, 0.2) is 0 Å². The number of aliphatic carboxylic acids is 1. The van der Waals surface area contributed by atoms with Crippen molar-refractivity contribution in [2.24, 2.45) is 0 Å². The van der Waals surface area contributed by atoms with Crippen LogP contribution in [0.1, 0.15) is 49.0 Å². The summed E-state index contributed by atoms with van der Waals surface area (Å²) in [4.78, 5) is 30.6. The molecule has 148 valence electrons. The first-order chi connectivity index (χ1) is 12.5. The summed E-state index contributed by atoms with van der Waals surface area (Å²) in [6.07, 6.45) is -3.61. The molecule has 1 amide bonds. The van der Waals surface area contributed by atoms with Crippen LogP contribution >= 0.6 is 0 Å². The Morgan fingerprint density at radius 3 is 2.48 bits per heavy atom. The van der Waals surface area contributed by atoms with Gasteiger partial charge >= 0.3 is 12.1 Å². The fourth-order valence-electron chi connectivity index (χ4n) is 2.74. The quantitative estimate of drug-likeness (QED) is 0.753. The van der Waals surface area contributed by atoms with Crippen LogP contribution in [0.25, 0.3) is 5.78 Å². The molecule has 0 aliphatic carbocycles. The Labute approximate surface area is 152 Å². The molecular weight excluding hydrogens is 367 g/mol. The number of aromatic nitrogens is 4. The van der Waals surface area contributed by atoms with Gasteiger partial charge in [0.15, 0.2) is 0 Å². The number of carbonyl (C=O) groups excluding carboxylic acids is 1. The minimum absolute atomic E-state index is 0.0246. The van der Waals surface area contributed by atoms with Crippen LogP contribution in [-0.4, -0.2) is 42.6 Å². The predicted octanol–water partition coefficient (Wildman–Crippen LogP) is 2.06. The first-order valence-electron chi connectivity index (χ1n) is 8.36. The highest BCUT2D eigenvalue weighted by Crippen LogP contribution is 2.27. The van der Waals surface area contributed by atoms with E-state index in [0.29, 0.717) is 29.8 Å². The molecule has 2 aromatic rings. The summed E-state index contributed by atoms with van der Waals surface area (Å²) in [5.74, 6) is -3.01. The van der Waals surface area contributed by atoms with Gasteiger partial charge in [-0.15, -0.1) is 5.10 Å². The standard InChI is InChI=1S/C16H20F3N5O3/c1-4-5-11(13(26)27)21-12(25)7-6-10-8(2)20-15-22-14(16(17,18)19)23-24(15)9(10)3/h11H,4-7H2,1-3H3,(H,21,25)(H,26,27). The molecule has 2 N–H and O–H groups in total. The third kappa shape index (κ3) is 4.72. The Bertz CT molecular complexity index is 863. The number of nitrogens with one attached hydrogen (secondary N) is 1. The zero-order chi connectivity index (χ0) is 20.4. The lowest BCUT2D eigenvalue weighted by molar-refractivity contribution is -0.144. The Balaban J connectivity index is 2.19. The van der Waals surface area contributed by atoms with Crippen molar-refractivity contribution in [3.8, 4) is 0 Å². The number of rotatable bonds is 7. The summed E-state index contributed by atoms with van der Waals surface area (Å²) in [7, 11) is 0. The third-order valence-corrected chi connectivity index (χ3v) is 4.12. The van der Waals surface area contributed by atoms with Crippen molar-refractivity contribution in [2.45, 2.75) is 58.7 Å². The van der Waals surface area contributed by atoms with E-state index >= 15 is 0 Å².